The number of rotatable bonds is 2. The number of pyridine rings is 1. The van der Waals surface area contributed by atoms with E-state index in [4.69, 9.17) is 17.3 Å². The molecule has 0 spiro atoms. The van der Waals surface area contributed by atoms with Gasteiger partial charge in [-0.25, -0.2) is 8.78 Å². The largest absolute Gasteiger partial charge is 0.398 e. The maximum absolute atomic E-state index is 12.4. The van der Waals surface area contributed by atoms with Gasteiger partial charge in [-0.3, -0.25) is 9.78 Å². The van der Waals surface area contributed by atoms with Crippen LogP contribution in [0.15, 0.2) is 6.20 Å². The molecule has 2 N–H and O–H groups in total. The molecule has 1 aromatic rings. The number of aryl methyl sites for hydroxylation is 1. The van der Waals surface area contributed by atoms with Crippen LogP contribution in [0.4, 0.5) is 14.5 Å². The fourth-order valence-corrected chi connectivity index (χ4v) is 1.21. The molecule has 1 aromatic heterocycles. The van der Waals surface area contributed by atoms with Crippen LogP contribution in [0, 0.1) is 6.92 Å². The summed E-state index contributed by atoms with van der Waals surface area (Å²) in [5.41, 5.74) is 4.77. The fraction of sp³-hybridized carbons (Fsp3) is 0.250. The Kier molecular flexibility index (Phi) is 3.00. The van der Waals surface area contributed by atoms with Gasteiger partial charge in [0.25, 0.3) is 11.7 Å². The SMILES string of the molecule is Cc1cnc(C(F)F)c(C(=O)Cl)c1N. The Morgan fingerprint density at radius 1 is 1.64 bits per heavy atom. The minimum Gasteiger partial charge on any atom is -0.398 e. The van der Waals surface area contributed by atoms with Crippen LogP contribution in [0.1, 0.15) is 28.0 Å². The lowest BCUT2D eigenvalue weighted by atomic mass is 10.1. The first-order chi connectivity index (χ1) is 6.45. The van der Waals surface area contributed by atoms with E-state index in [-0.39, 0.29) is 5.69 Å². The third-order valence-electron chi connectivity index (χ3n) is 1.75. The van der Waals surface area contributed by atoms with Gasteiger partial charge in [-0.2, -0.15) is 0 Å². The van der Waals surface area contributed by atoms with Crippen molar-refractivity contribution < 1.29 is 13.6 Å². The molecule has 0 aliphatic carbocycles. The van der Waals surface area contributed by atoms with Crippen LogP contribution in [0.5, 0.6) is 0 Å². The van der Waals surface area contributed by atoms with Crippen LogP contribution in [-0.2, 0) is 0 Å². The molecule has 14 heavy (non-hydrogen) atoms. The van der Waals surface area contributed by atoms with Gasteiger partial charge in [-0.15, -0.1) is 0 Å². The number of carbonyl (C=O) groups is 1. The zero-order valence-electron chi connectivity index (χ0n) is 7.22. The third kappa shape index (κ3) is 1.82. The highest BCUT2D eigenvalue weighted by Crippen LogP contribution is 2.28. The summed E-state index contributed by atoms with van der Waals surface area (Å²) in [6.45, 7) is 1.56. The lowest BCUT2D eigenvalue weighted by molar-refractivity contribution is 0.106. The van der Waals surface area contributed by atoms with Crippen molar-refractivity contribution >= 4 is 22.5 Å². The molecule has 0 saturated heterocycles. The van der Waals surface area contributed by atoms with Gasteiger partial charge >= 0.3 is 0 Å². The van der Waals surface area contributed by atoms with Gasteiger partial charge in [0.2, 0.25) is 0 Å². The molecule has 6 heteroatoms. The van der Waals surface area contributed by atoms with E-state index >= 15 is 0 Å². The maximum atomic E-state index is 12.4. The second kappa shape index (κ2) is 3.88. The first-order valence-electron chi connectivity index (χ1n) is 3.68. The van der Waals surface area contributed by atoms with Crippen LogP contribution >= 0.6 is 11.6 Å². The number of nitrogen functional groups attached to an aromatic ring is 1. The first kappa shape index (κ1) is 10.8. The average molecular weight is 221 g/mol. The molecular formula is C8H7ClF2N2O. The van der Waals surface area contributed by atoms with Crippen LogP contribution in [0.2, 0.25) is 0 Å². The zero-order valence-corrected chi connectivity index (χ0v) is 7.98. The Hall–Kier alpha value is -1.23. The predicted molar refractivity (Wildman–Crippen MR) is 48.5 cm³/mol. The summed E-state index contributed by atoms with van der Waals surface area (Å²) in [7, 11) is 0. The maximum Gasteiger partial charge on any atom is 0.281 e. The summed E-state index contributed by atoms with van der Waals surface area (Å²) in [6.07, 6.45) is -1.68. The summed E-state index contributed by atoms with van der Waals surface area (Å²) in [5.74, 6) is 0. The highest BCUT2D eigenvalue weighted by Gasteiger charge is 2.22. The molecule has 0 fully saturated rings. The third-order valence-corrected chi connectivity index (χ3v) is 1.94. The van der Waals surface area contributed by atoms with Crippen LogP contribution in [-0.4, -0.2) is 10.2 Å². The number of hydrogen-bond acceptors (Lipinski definition) is 3. The molecule has 0 aliphatic heterocycles. The molecule has 76 valence electrons. The quantitative estimate of drug-likeness (QED) is 0.778. The lowest BCUT2D eigenvalue weighted by Crippen LogP contribution is -2.08. The van der Waals surface area contributed by atoms with Crippen molar-refractivity contribution in [2.45, 2.75) is 13.3 Å². The molecule has 0 radical (unpaired) electrons. The van der Waals surface area contributed by atoms with Gasteiger partial charge in [0, 0.05) is 6.20 Å². The van der Waals surface area contributed by atoms with E-state index in [1.165, 1.54) is 6.20 Å². The van der Waals surface area contributed by atoms with Crippen molar-refractivity contribution in [1.82, 2.24) is 4.98 Å². The highest BCUT2D eigenvalue weighted by molar-refractivity contribution is 6.68. The molecule has 0 amide bonds. The first-order valence-corrected chi connectivity index (χ1v) is 4.06. The summed E-state index contributed by atoms with van der Waals surface area (Å²) in [4.78, 5) is 14.3. The van der Waals surface area contributed by atoms with E-state index in [0.29, 0.717) is 5.56 Å². The fourth-order valence-electron chi connectivity index (χ4n) is 1.01. The molecule has 0 atom stereocenters. The molecule has 3 nitrogen and oxygen atoms in total. The lowest BCUT2D eigenvalue weighted by Gasteiger charge is -2.08. The molecule has 0 aromatic carbocycles. The van der Waals surface area contributed by atoms with Gasteiger partial charge in [0.15, 0.2) is 0 Å². The predicted octanol–water partition coefficient (Wildman–Crippen LogP) is 2.29. The monoisotopic (exact) mass is 220 g/mol. The van der Waals surface area contributed by atoms with Crippen molar-refractivity contribution in [2.24, 2.45) is 0 Å². The smallest absolute Gasteiger partial charge is 0.281 e. The van der Waals surface area contributed by atoms with E-state index < -0.39 is 22.9 Å². The van der Waals surface area contributed by atoms with Crippen molar-refractivity contribution in [2.75, 3.05) is 5.73 Å². The van der Waals surface area contributed by atoms with Gasteiger partial charge < -0.3 is 5.73 Å². The van der Waals surface area contributed by atoms with E-state index in [9.17, 15) is 13.6 Å². The Morgan fingerprint density at radius 3 is 2.64 bits per heavy atom. The van der Waals surface area contributed by atoms with Crippen molar-refractivity contribution in [1.29, 1.82) is 0 Å². The number of hydrogen-bond donors (Lipinski definition) is 1. The average Bonchev–Trinajstić information content (AvgIpc) is 2.08. The van der Waals surface area contributed by atoms with Gasteiger partial charge in [0.1, 0.15) is 5.69 Å². The summed E-state index contributed by atoms with van der Waals surface area (Å²) >= 11 is 5.14. The Morgan fingerprint density at radius 2 is 2.21 bits per heavy atom. The van der Waals surface area contributed by atoms with E-state index in [1.54, 1.807) is 6.92 Å². The number of anilines is 1. The zero-order chi connectivity index (χ0) is 10.9. The number of alkyl halides is 2. The number of carbonyl (C=O) groups excluding carboxylic acids is 1. The topological polar surface area (TPSA) is 56.0 Å². The normalized spacial score (nSPS) is 10.6. The minimum atomic E-state index is -2.87. The number of nitrogens with two attached hydrogens (primary N) is 1. The van der Waals surface area contributed by atoms with Crippen molar-refractivity contribution in [3.63, 3.8) is 0 Å². The molecule has 0 bridgehead atoms. The Balaban J connectivity index is 3.45. The summed E-state index contributed by atoms with van der Waals surface area (Å²) < 4.78 is 24.7. The summed E-state index contributed by atoms with van der Waals surface area (Å²) in [6, 6.07) is 0. The van der Waals surface area contributed by atoms with Crippen LogP contribution in [0.3, 0.4) is 0 Å². The van der Waals surface area contributed by atoms with Crippen LogP contribution < -0.4 is 5.73 Å². The van der Waals surface area contributed by atoms with Gasteiger partial charge in [-0.05, 0) is 24.1 Å². The standard InChI is InChI=1S/C8H7ClF2N2O/c1-3-2-13-6(8(10)11)4(5(3)12)7(9)14/h2,8H,1H3,(H2,12,13). The number of aromatic nitrogens is 1. The van der Waals surface area contributed by atoms with Crippen molar-refractivity contribution in [3.8, 4) is 0 Å². The molecular weight excluding hydrogens is 214 g/mol. The molecule has 0 aliphatic rings. The molecule has 1 heterocycles. The second-order valence-corrected chi connectivity index (χ2v) is 3.03. The summed E-state index contributed by atoms with van der Waals surface area (Å²) in [5, 5.41) is -1.02. The second-order valence-electron chi connectivity index (χ2n) is 2.69. The highest BCUT2D eigenvalue weighted by atomic mass is 35.5. The number of halogens is 3. The molecule has 0 saturated carbocycles. The Bertz CT molecular complexity index is 382. The van der Waals surface area contributed by atoms with E-state index in [2.05, 4.69) is 4.98 Å². The van der Waals surface area contributed by atoms with Crippen molar-refractivity contribution in [3.05, 3.63) is 23.0 Å². The minimum absolute atomic E-state index is 0.0460. The number of nitrogens with zero attached hydrogens (tertiary/aromatic N) is 1. The van der Waals surface area contributed by atoms with Gasteiger partial charge in [0.05, 0.1) is 11.3 Å². The van der Waals surface area contributed by atoms with E-state index in [1.807, 2.05) is 0 Å². The van der Waals surface area contributed by atoms with E-state index in [0.717, 1.165) is 0 Å². The molecule has 0 unspecified atom stereocenters. The van der Waals surface area contributed by atoms with Crippen LogP contribution in [0.25, 0.3) is 0 Å². The molecule has 1 rings (SSSR count). The Labute approximate surface area is 83.9 Å². The van der Waals surface area contributed by atoms with Gasteiger partial charge in [-0.1, -0.05) is 0 Å².